The third-order valence-electron chi connectivity index (χ3n) is 1.84. The maximum atomic E-state index is 11.5. The second kappa shape index (κ2) is 5.64. The van der Waals surface area contributed by atoms with Crippen LogP contribution in [0, 0.1) is 0 Å². The highest BCUT2D eigenvalue weighted by atomic mass is 32.2. The van der Waals surface area contributed by atoms with E-state index in [1.807, 2.05) is 13.8 Å². The van der Waals surface area contributed by atoms with E-state index in [0.717, 1.165) is 13.1 Å². The van der Waals surface area contributed by atoms with Gasteiger partial charge in [0, 0.05) is 13.1 Å². The summed E-state index contributed by atoms with van der Waals surface area (Å²) >= 11 is 1.37. The van der Waals surface area contributed by atoms with E-state index in [-0.39, 0.29) is 5.91 Å². The van der Waals surface area contributed by atoms with E-state index >= 15 is 0 Å². The van der Waals surface area contributed by atoms with Crippen LogP contribution in [0.4, 0.5) is 0 Å². The quantitative estimate of drug-likeness (QED) is 0.735. The molecule has 1 amide bonds. The van der Waals surface area contributed by atoms with Crippen LogP contribution in [0.25, 0.3) is 0 Å². The van der Waals surface area contributed by atoms with Gasteiger partial charge in [0.15, 0.2) is 5.16 Å². The van der Waals surface area contributed by atoms with Crippen LogP contribution in [0.3, 0.4) is 0 Å². The highest BCUT2D eigenvalue weighted by Gasteiger charge is 2.10. The minimum absolute atomic E-state index is 0.136. The molecule has 0 fully saturated rings. The SMILES string of the molecule is CCN(CC)C(=O)CSc1ncn[nH]1. The number of aromatic nitrogens is 3. The topological polar surface area (TPSA) is 61.9 Å². The van der Waals surface area contributed by atoms with Crippen LogP contribution >= 0.6 is 11.8 Å². The molecule has 0 aromatic carbocycles. The molecule has 0 atom stereocenters. The first-order valence-corrected chi connectivity index (χ1v) is 5.52. The van der Waals surface area contributed by atoms with E-state index in [9.17, 15) is 4.79 Å². The second-order valence-corrected chi connectivity index (χ2v) is 3.61. The predicted molar refractivity (Wildman–Crippen MR) is 55.0 cm³/mol. The molecule has 5 nitrogen and oxygen atoms in total. The van der Waals surface area contributed by atoms with Gasteiger partial charge in [0.2, 0.25) is 5.91 Å². The highest BCUT2D eigenvalue weighted by molar-refractivity contribution is 7.99. The smallest absolute Gasteiger partial charge is 0.233 e. The summed E-state index contributed by atoms with van der Waals surface area (Å²) in [4.78, 5) is 17.3. The molecule has 1 aromatic heterocycles. The van der Waals surface area contributed by atoms with E-state index in [4.69, 9.17) is 0 Å². The number of carbonyl (C=O) groups excluding carboxylic acids is 1. The fraction of sp³-hybridized carbons (Fsp3) is 0.625. The normalized spacial score (nSPS) is 10.1. The van der Waals surface area contributed by atoms with Gasteiger partial charge < -0.3 is 4.90 Å². The molecule has 0 aliphatic rings. The summed E-state index contributed by atoms with van der Waals surface area (Å²) in [7, 11) is 0. The molecular formula is C8H14N4OS. The summed E-state index contributed by atoms with van der Waals surface area (Å²) in [5.74, 6) is 0.549. The molecule has 1 aromatic rings. The van der Waals surface area contributed by atoms with Gasteiger partial charge >= 0.3 is 0 Å². The number of nitrogens with one attached hydrogen (secondary N) is 1. The number of thioether (sulfide) groups is 1. The fourth-order valence-electron chi connectivity index (χ4n) is 1.06. The largest absolute Gasteiger partial charge is 0.343 e. The number of hydrogen-bond donors (Lipinski definition) is 1. The van der Waals surface area contributed by atoms with Crippen LogP contribution in [-0.4, -0.2) is 44.8 Å². The van der Waals surface area contributed by atoms with Crippen molar-refractivity contribution in [2.45, 2.75) is 19.0 Å². The first-order chi connectivity index (χ1) is 6.77. The lowest BCUT2D eigenvalue weighted by atomic mass is 10.5. The van der Waals surface area contributed by atoms with Crippen LogP contribution in [0.1, 0.15) is 13.8 Å². The molecular weight excluding hydrogens is 200 g/mol. The Morgan fingerprint density at radius 3 is 2.79 bits per heavy atom. The lowest BCUT2D eigenvalue weighted by Gasteiger charge is -2.17. The van der Waals surface area contributed by atoms with Gasteiger partial charge in [-0.25, -0.2) is 4.98 Å². The minimum Gasteiger partial charge on any atom is -0.343 e. The van der Waals surface area contributed by atoms with E-state index in [1.54, 1.807) is 4.90 Å². The minimum atomic E-state index is 0.136. The number of rotatable bonds is 5. The van der Waals surface area contributed by atoms with Gasteiger partial charge in [-0.15, -0.1) is 0 Å². The Hall–Kier alpha value is -1.04. The standard InChI is InChI=1S/C8H14N4OS/c1-3-12(4-2)7(13)5-14-8-9-6-10-11-8/h6H,3-5H2,1-2H3,(H,9,10,11). The first-order valence-electron chi connectivity index (χ1n) is 4.53. The average molecular weight is 214 g/mol. The maximum absolute atomic E-state index is 11.5. The van der Waals surface area contributed by atoms with Gasteiger partial charge in [0.05, 0.1) is 5.75 Å². The molecule has 6 heteroatoms. The van der Waals surface area contributed by atoms with E-state index in [0.29, 0.717) is 10.9 Å². The van der Waals surface area contributed by atoms with Crippen molar-refractivity contribution < 1.29 is 4.79 Å². The third kappa shape index (κ3) is 3.02. The van der Waals surface area contributed by atoms with Crippen molar-refractivity contribution in [3.05, 3.63) is 6.33 Å². The van der Waals surface area contributed by atoms with Gasteiger partial charge in [-0.2, -0.15) is 5.10 Å². The molecule has 0 radical (unpaired) electrons. The Morgan fingerprint density at radius 2 is 2.29 bits per heavy atom. The van der Waals surface area contributed by atoms with Gasteiger partial charge in [-0.05, 0) is 13.8 Å². The Morgan fingerprint density at radius 1 is 1.57 bits per heavy atom. The molecule has 0 bridgehead atoms. The number of H-pyrrole nitrogens is 1. The van der Waals surface area contributed by atoms with Gasteiger partial charge in [-0.1, -0.05) is 11.8 Å². The van der Waals surface area contributed by atoms with Crippen LogP contribution in [0.15, 0.2) is 11.5 Å². The van der Waals surface area contributed by atoms with Crippen LogP contribution in [0.2, 0.25) is 0 Å². The number of hydrogen-bond acceptors (Lipinski definition) is 4. The third-order valence-corrected chi connectivity index (χ3v) is 2.70. The molecule has 1 rings (SSSR count). The molecule has 1 heterocycles. The van der Waals surface area contributed by atoms with Crippen molar-refractivity contribution in [2.24, 2.45) is 0 Å². The Labute approximate surface area is 87.3 Å². The second-order valence-electron chi connectivity index (χ2n) is 2.65. The molecule has 0 aliphatic heterocycles. The zero-order chi connectivity index (χ0) is 10.4. The number of nitrogens with zero attached hydrogens (tertiary/aromatic N) is 3. The van der Waals surface area contributed by atoms with Crippen LogP contribution in [-0.2, 0) is 4.79 Å². The Balaban J connectivity index is 2.34. The molecule has 1 N–H and O–H groups in total. The average Bonchev–Trinajstić information content (AvgIpc) is 2.69. The maximum Gasteiger partial charge on any atom is 0.233 e. The fourth-order valence-corrected chi connectivity index (χ4v) is 1.74. The molecule has 0 saturated carbocycles. The summed E-state index contributed by atoms with van der Waals surface area (Å²) in [6, 6.07) is 0. The highest BCUT2D eigenvalue weighted by Crippen LogP contribution is 2.11. The van der Waals surface area contributed by atoms with Crippen molar-refractivity contribution in [2.75, 3.05) is 18.8 Å². The predicted octanol–water partition coefficient (Wildman–Crippen LogP) is 0.765. The Bertz CT molecular complexity index is 271. The van der Waals surface area contributed by atoms with Crippen LogP contribution < -0.4 is 0 Å². The number of amides is 1. The zero-order valence-corrected chi connectivity index (χ0v) is 9.17. The first kappa shape index (κ1) is 11.0. The summed E-state index contributed by atoms with van der Waals surface area (Å²) < 4.78 is 0. The van der Waals surface area contributed by atoms with Gasteiger partial charge in [0.1, 0.15) is 6.33 Å². The zero-order valence-electron chi connectivity index (χ0n) is 8.36. The molecule has 14 heavy (non-hydrogen) atoms. The summed E-state index contributed by atoms with van der Waals surface area (Å²) in [6.07, 6.45) is 1.43. The number of carbonyl (C=O) groups is 1. The monoisotopic (exact) mass is 214 g/mol. The summed E-state index contributed by atoms with van der Waals surface area (Å²) in [5.41, 5.74) is 0. The van der Waals surface area contributed by atoms with Crippen LogP contribution in [0.5, 0.6) is 0 Å². The van der Waals surface area contributed by atoms with Crippen molar-refractivity contribution in [3.63, 3.8) is 0 Å². The molecule has 0 aliphatic carbocycles. The van der Waals surface area contributed by atoms with E-state index in [1.165, 1.54) is 18.1 Å². The molecule has 0 saturated heterocycles. The molecule has 0 spiro atoms. The molecule has 78 valence electrons. The molecule has 0 unspecified atom stereocenters. The number of aromatic amines is 1. The van der Waals surface area contributed by atoms with Crippen molar-refractivity contribution >= 4 is 17.7 Å². The van der Waals surface area contributed by atoms with Crippen molar-refractivity contribution in [1.82, 2.24) is 20.1 Å². The Kier molecular flexibility index (Phi) is 4.45. The lowest BCUT2D eigenvalue weighted by Crippen LogP contribution is -2.31. The van der Waals surface area contributed by atoms with E-state index < -0.39 is 0 Å². The van der Waals surface area contributed by atoms with Gasteiger partial charge in [0.25, 0.3) is 0 Å². The van der Waals surface area contributed by atoms with Gasteiger partial charge in [-0.3, -0.25) is 9.89 Å². The summed E-state index contributed by atoms with van der Waals surface area (Å²) in [6.45, 7) is 5.46. The van der Waals surface area contributed by atoms with E-state index in [2.05, 4.69) is 15.2 Å². The summed E-state index contributed by atoms with van der Waals surface area (Å²) in [5, 5.41) is 7.09. The van der Waals surface area contributed by atoms with Crippen molar-refractivity contribution in [3.8, 4) is 0 Å². The van der Waals surface area contributed by atoms with Crippen molar-refractivity contribution in [1.29, 1.82) is 0 Å². The lowest BCUT2D eigenvalue weighted by molar-refractivity contribution is -0.127.